The molecule has 0 unspecified atom stereocenters. The molecule has 9 nitrogen and oxygen atoms in total. The van der Waals surface area contributed by atoms with Gasteiger partial charge < -0.3 is 19.2 Å². The number of halogens is 2. The first-order valence-electron chi connectivity index (χ1n) is 47.7. The van der Waals surface area contributed by atoms with Crippen molar-refractivity contribution in [3.05, 3.63) is 481 Å². The Morgan fingerprint density at radius 3 is 1.35 bits per heavy atom. The Bertz CT molecular complexity index is 8540. The van der Waals surface area contributed by atoms with Gasteiger partial charge in [0.25, 0.3) is 0 Å². The molecule has 143 heavy (non-hydrogen) atoms. The molecule has 0 saturated heterocycles. The van der Waals surface area contributed by atoms with E-state index in [1.807, 2.05) is 40.5 Å². The number of para-hydroxylation sites is 4. The zero-order valence-electron chi connectivity index (χ0n) is 79.9. The van der Waals surface area contributed by atoms with Gasteiger partial charge in [-0.3, -0.25) is 18.4 Å². The van der Waals surface area contributed by atoms with Crippen molar-refractivity contribution >= 4 is 113 Å². The number of aromatic carboxylic acids is 1. The fourth-order valence-electron chi connectivity index (χ4n) is 20.6. The largest absolute Gasteiger partial charge is 0.477 e. The van der Waals surface area contributed by atoms with Crippen molar-refractivity contribution < 1.29 is 58.9 Å². The van der Waals surface area contributed by atoms with Crippen LogP contribution in [0.25, 0.3) is 185 Å². The van der Waals surface area contributed by atoms with Gasteiger partial charge in [0.1, 0.15) is 11.5 Å². The normalized spacial score (nSPS) is 12.0. The van der Waals surface area contributed by atoms with E-state index in [0.29, 0.717) is 5.69 Å². The van der Waals surface area contributed by atoms with Gasteiger partial charge in [0.15, 0.2) is 0 Å². The predicted molar refractivity (Wildman–Crippen MR) is 582 cm³/mol. The van der Waals surface area contributed by atoms with E-state index >= 15 is 0 Å². The van der Waals surface area contributed by atoms with E-state index in [9.17, 15) is 13.6 Å². The van der Waals surface area contributed by atoms with Crippen molar-refractivity contribution in [2.75, 3.05) is 0 Å². The molecule has 7 heterocycles. The first-order chi connectivity index (χ1) is 68.7. The van der Waals surface area contributed by atoms with Crippen molar-refractivity contribution in [1.29, 1.82) is 0 Å². The van der Waals surface area contributed by atoms with E-state index in [-0.39, 0.29) is 67.7 Å². The SMILES string of the molecule is CCCc1nc(-c2[c-]ccc(-c3cc(-c4ccc(C(C)(C)C)cc4)cc(-c4ccc(C(C)(C)C)cc4)c3)c2)n(C)n1.Fc1c[c-]c(-c2ccccn2)c(F)c1.O=C(O)c1ccccn1.[Ir].[Ir].c1ccc2c(c1)-c1ccccc1C21c2ccccc2-c2c(-c3cccc4c3sc3ccccc34)cccc21.c1ccc2c(c1)c1ccccc1n2-c1ccc2sc3ccc(-n4c5ccccc5c5ccccc54)cc3c2c1. The number of aromatic nitrogens is 7. The van der Waals surface area contributed by atoms with Crippen LogP contribution in [0.2, 0.25) is 0 Å². The van der Waals surface area contributed by atoms with Gasteiger partial charge in [-0.05, 0) is 215 Å². The molecule has 0 aliphatic heterocycles. The summed E-state index contributed by atoms with van der Waals surface area (Å²) in [4.78, 5) is 22.5. The molecule has 1 spiro atoms. The Hall–Kier alpha value is -15.2. The van der Waals surface area contributed by atoms with Crippen LogP contribution in [0.1, 0.15) is 105 Å². The number of carboxylic acid groups (broad SMARTS) is 1. The Morgan fingerprint density at radius 2 is 0.846 bits per heavy atom. The summed E-state index contributed by atoms with van der Waals surface area (Å²) in [5.41, 5.74) is 32.4. The average molecular weight is 2250 g/mol. The summed E-state index contributed by atoms with van der Waals surface area (Å²) in [6, 6.07) is 148. The van der Waals surface area contributed by atoms with Crippen molar-refractivity contribution in [1.82, 2.24) is 33.9 Å². The van der Waals surface area contributed by atoms with Gasteiger partial charge >= 0.3 is 5.97 Å². The van der Waals surface area contributed by atoms with Gasteiger partial charge in [0, 0.05) is 157 Å². The summed E-state index contributed by atoms with van der Waals surface area (Å²) >= 11 is 3.78. The molecule has 1 N–H and O–H groups in total. The van der Waals surface area contributed by atoms with Gasteiger partial charge in [0.05, 0.1) is 33.3 Å². The maximum Gasteiger partial charge on any atom is 0.354 e. The number of nitrogens with zero attached hydrogens (tertiary/aromatic N) is 7. The third-order valence-electron chi connectivity index (χ3n) is 27.2. The molecule has 0 fully saturated rings. The second-order valence-electron chi connectivity index (χ2n) is 38.0. The maximum atomic E-state index is 13.2. The summed E-state index contributed by atoms with van der Waals surface area (Å²) in [7, 11) is 1.96. The van der Waals surface area contributed by atoms with E-state index in [1.165, 1.54) is 202 Å². The molecule has 15 heteroatoms. The van der Waals surface area contributed by atoms with E-state index in [2.05, 4.69) is 431 Å². The van der Waals surface area contributed by atoms with Crippen LogP contribution in [-0.4, -0.2) is 44.9 Å². The average Bonchev–Trinajstić information content (AvgIpc) is 1.50. The fraction of sp³-hybridized carbons (Fsp3) is 0.102. The maximum absolute atomic E-state index is 13.2. The number of fused-ring (bicyclic) bond motifs is 22. The predicted octanol–water partition coefficient (Wildman–Crippen LogP) is 33.7. The van der Waals surface area contributed by atoms with Crippen LogP contribution in [0.4, 0.5) is 8.78 Å². The van der Waals surface area contributed by atoms with Gasteiger partial charge in [-0.15, -0.1) is 70.2 Å². The Labute approximate surface area is 864 Å². The van der Waals surface area contributed by atoms with Crippen molar-refractivity contribution in [2.24, 2.45) is 7.05 Å². The molecule has 0 atom stereocenters. The summed E-state index contributed by atoms with van der Waals surface area (Å²) in [6.07, 6.45) is 4.90. The fourth-order valence-corrected chi connectivity index (χ4v) is 22.9. The van der Waals surface area contributed by atoms with Crippen molar-refractivity contribution in [3.8, 4) is 101 Å². The first-order valence-corrected chi connectivity index (χ1v) is 49.3. The van der Waals surface area contributed by atoms with Crippen LogP contribution in [0.15, 0.2) is 413 Å². The zero-order chi connectivity index (χ0) is 96.4. The molecule has 2 aliphatic rings. The van der Waals surface area contributed by atoms with Gasteiger partial charge in [-0.25, -0.2) is 9.78 Å². The minimum absolute atomic E-state index is 0. The van der Waals surface area contributed by atoms with Crippen molar-refractivity contribution in [2.45, 2.75) is 77.6 Å². The molecule has 0 saturated carbocycles. The molecule has 7 aromatic heterocycles. The van der Waals surface area contributed by atoms with Gasteiger partial charge in [-0.1, -0.05) is 327 Å². The number of pyridine rings is 2. The molecule has 2 radical (unpaired) electrons. The van der Waals surface area contributed by atoms with E-state index < -0.39 is 17.6 Å². The zero-order valence-corrected chi connectivity index (χ0v) is 86.3. The molecular formula is C128H97F2Ir2N7O2S2-2. The smallest absolute Gasteiger partial charge is 0.354 e. The summed E-state index contributed by atoms with van der Waals surface area (Å²) in [5, 5.41) is 23.4. The van der Waals surface area contributed by atoms with Crippen LogP contribution in [0.3, 0.4) is 0 Å². The van der Waals surface area contributed by atoms with Crippen LogP contribution >= 0.6 is 22.7 Å². The number of aryl methyl sites for hydroxylation is 2. The molecule has 702 valence electrons. The van der Waals surface area contributed by atoms with Crippen LogP contribution in [0.5, 0.6) is 0 Å². The number of hydrogen-bond donors (Lipinski definition) is 1. The minimum Gasteiger partial charge on any atom is -0.477 e. The summed E-state index contributed by atoms with van der Waals surface area (Å²) < 4.78 is 37.8. The molecule has 24 aromatic rings. The van der Waals surface area contributed by atoms with E-state index in [0.717, 1.165) is 47.8 Å². The number of rotatable bonds is 11. The number of carboxylic acids is 1. The van der Waals surface area contributed by atoms with Gasteiger partial charge in [-0.2, -0.15) is 5.10 Å². The molecule has 17 aromatic carbocycles. The van der Waals surface area contributed by atoms with E-state index in [4.69, 9.17) is 10.1 Å². The standard InChI is InChI=1S/C38H42N3.C37H22S.C36H22N2S.C11H6F2N.C6H5NO2.2Ir/c1-9-11-35-39-36(41(8)40-35)29-13-10-12-28(22-29)32-24-30(26-14-18-33(19-15-26)37(2,3)4)23-31(25-32)27-16-20-34(21-17-27)38(5,6)7;1-5-18-30-23(11-1)24-12-2-6-19-31(24)37(30)32-20-7-3-14-29(32)35-26(15-10-21-33(35)37)28-17-9-16-27-25-13-4-8-22-34(25)38-36(27)28;1-5-13-31-25(9-1)26-10-2-6-14-32(26)37(31)23-17-19-35-29(21-23)30-22-24(18-20-36(30)39-35)38-33-15-7-3-11-27(33)28-12-4-8-16-34(28)38;12-8-4-5-9(10(13)7-8)11-3-1-2-6-14-11;8-6(9)5-3-1-2-4-7-5;;/h10,12,14-25H,9,11H2,1-8H3;1-22H;1-22H;1-4,6-7H;1-4H,(H,8,9);;/q-1;;;-1;;;. The Balaban J connectivity index is 0.000000117. The van der Waals surface area contributed by atoms with Crippen LogP contribution < -0.4 is 0 Å². The number of hydrogen-bond acceptors (Lipinski definition) is 7. The number of thiophene rings is 2. The quantitative estimate of drug-likeness (QED) is 0.129. The second kappa shape index (κ2) is 39.7. The molecule has 0 amide bonds. The van der Waals surface area contributed by atoms with Crippen LogP contribution in [-0.2, 0) is 69.9 Å². The Morgan fingerprint density at radius 1 is 0.399 bits per heavy atom. The van der Waals surface area contributed by atoms with Gasteiger partial charge in [0.2, 0.25) is 0 Å². The minimum atomic E-state index is -0.990. The topological polar surface area (TPSA) is 104 Å². The molecule has 2 aliphatic carbocycles. The van der Waals surface area contributed by atoms with Crippen LogP contribution in [0, 0.1) is 23.8 Å². The monoisotopic (exact) mass is 2250 g/mol. The second-order valence-corrected chi connectivity index (χ2v) is 40.2. The third kappa shape index (κ3) is 17.8. The Kier molecular flexibility index (Phi) is 26.5. The third-order valence-corrected chi connectivity index (χ3v) is 29.6. The number of benzene rings is 17. The van der Waals surface area contributed by atoms with E-state index in [1.54, 1.807) is 36.5 Å². The molecule has 26 rings (SSSR count). The summed E-state index contributed by atoms with van der Waals surface area (Å²) in [6.45, 7) is 15.7. The van der Waals surface area contributed by atoms with Crippen molar-refractivity contribution in [3.63, 3.8) is 0 Å². The molecular weight excluding hydrogens is 2150 g/mol. The summed E-state index contributed by atoms with van der Waals surface area (Å²) in [5.74, 6) is -0.547. The number of carbonyl (C=O) groups is 1. The first kappa shape index (κ1) is 95.4. The molecule has 0 bridgehead atoms.